The maximum absolute atomic E-state index is 15.3. The third-order valence-electron chi connectivity index (χ3n) is 6.92. The lowest BCUT2D eigenvalue weighted by Crippen LogP contribution is -2.17. The Hall–Kier alpha value is -3.26. The van der Waals surface area contributed by atoms with Crippen molar-refractivity contribution >= 4 is 34.9 Å². The molecule has 1 aromatic heterocycles. The molecule has 0 aliphatic heterocycles. The Morgan fingerprint density at radius 3 is 2.51 bits per heavy atom. The molecule has 190 valence electrons. The van der Waals surface area contributed by atoms with E-state index in [1.807, 2.05) is 36.4 Å². The van der Waals surface area contributed by atoms with Crippen LogP contribution in [0.5, 0.6) is 0 Å². The van der Waals surface area contributed by atoms with E-state index in [9.17, 15) is 9.90 Å². The number of halogens is 2. The van der Waals surface area contributed by atoms with Crippen LogP contribution in [0.1, 0.15) is 42.7 Å². The van der Waals surface area contributed by atoms with E-state index in [1.54, 1.807) is 38.1 Å². The number of carbonyl (C=O) groups is 1. The molecule has 1 unspecified atom stereocenters. The molecule has 0 radical (unpaired) electrons. The number of anilines is 1. The highest BCUT2D eigenvalue weighted by molar-refractivity contribution is 7.10. The molecule has 1 aliphatic rings. The molecule has 0 saturated heterocycles. The zero-order chi connectivity index (χ0) is 26.2. The Kier molecular flexibility index (Phi) is 7.03. The summed E-state index contributed by atoms with van der Waals surface area (Å²) in [6.07, 6.45) is 0.732. The topological polar surface area (TPSA) is 71.5 Å². The van der Waals surface area contributed by atoms with Gasteiger partial charge in [-0.1, -0.05) is 60.1 Å². The maximum Gasteiger partial charge on any atom is 0.412 e. The molecule has 1 amide bonds. The number of amides is 1. The van der Waals surface area contributed by atoms with E-state index >= 15 is 4.39 Å². The quantitative estimate of drug-likeness (QED) is 0.252. The summed E-state index contributed by atoms with van der Waals surface area (Å²) in [5.74, 6) is -0.417. The minimum atomic E-state index is -0.676. The molecule has 3 aromatic carbocycles. The first-order valence-corrected chi connectivity index (χ1v) is 13.2. The molecule has 1 heterocycles. The number of hydrogen-bond acceptors (Lipinski definition) is 5. The van der Waals surface area contributed by atoms with Gasteiger partial charge in [-0.15, -0.1) is 0 Å². The van der Waals surface area contributed by atoms with Gasteiger partial charge in [0.05, 0.1) is 22.9 Å². The molecule has 0 bridgehead atoms. The van der Waals surface area contributed by atoms with Gasteiger partial charge in [-0.05, 0) is 73.1 Å². The molecule has 1 saturated carbocycles. The van der Waals surface area contributed by atoms with Crippen molar-refractivity contribution in [1.82, 2.24) is 4.37 Å². The van der Waals surface area contributed by atoms with E-state index in [2.05, 4.69) is 9.69 Å². The SMILES string of the molecule is Cc1nsc(-c2ccc(-c3ccc(C4(CO)CC4)cc3)cc2F)c1NC(=O)OC(C)c1ccccc1Cl. The summed E-state index contributed by atoms with van der Waals surface area (Å²) in [4.78, 5) is 13.2. The molecule has 1 aliphatic carbocycles. The van der Waals surface area contributed by atoms with Gasteiger partial charge >= 0.3 is 6.09 Å². The van der Waals surface area contributed by atoms with Gasteiger partial charge in [0.25, 0.3) is 0 Å². The van der Waals surface area contributed by atoms with Gasteiger partial charge in [-0.3, -0.25) is 5.32 Å². The van der Waals surface area contributed by atoms with Crippen LogP contribution >= 0.6 is 23.1 Å². The van der Waals surface area contributed by atoms with E-state index in [0.29, 0.717) is 32.4 Å². The fourth-order valence-corrected chi connectivity index (χ4v) is 5.61. The van der Waals surface area contributed by atoms with Gasteiger partial charge in [-0.25, -0.2) is 9.18 Å². The van der Waals surface area contributed by atoms with E-state index in [-0.39, 0.29) is 12.0 Å². The highest BCUT2D eigenvalue weighted by Gasteiger charge is 2.43. The number of aromatic nitrogens is 1. The molecular formula is C29H26ClFN2O3S. The number of benzene rings is 3. The molecule has 1 atom stereocenters. The second kappa shape index (κ2) is 10.2. The first-order chi connectivity index (χ1) is 17.8. The number of nitrogens with one attached hydrogen (secondary N) is 1. The van der Waals surface area contributed by atoms with Crippen molar-refractivity contribution < 1.29 is 19.0 Å². The van der Waals surface area contributed by atoms with Crippen molar-refractivity contribution in [2.45, 2.75) is 38.2 Å². The van der Waals surface area contributed by atoms with Crippen LogP contribution in [-0.4, -0.2) is 22.2 Å². The molecule has 0 spiro atoms. The Morgan fingerprint density at radius 2 is 1.86 bits per heavy atom. The van der Waals surface area contributed by atoms with Crippen LogP contribution in [-0.2, 0) is 10.2 Å². The number of rotatable bonds is 7. The van der Waals surface area contributed by atoms with Crippen LogP contribution in [0.25, 0.3) is 21.6 Å². The second-order valence-corrected chi connectivity index (χ2v) is 10.6. The zero-order valence-electron chi connectivity index (χ0n) is 20.4. The summed E-state index contributed by atoms with van der Waals surface area (Å²) in [6.45, 7) is 3.63. The number of aliphatic hydroxyl groups is 1. The minimum Gasteiger partial charge on any atom is -0.441 e. The molecule has 1 fully saturated rings. The van der Waals surface area contributed by atoms with Gasteiger partial charge in [0.15, 0.2) is 0 Å². The van der Waals surface area contributed by atoms with Crippen LogP contribution < -0.4 is 5.32 Å². The molecule has 2 N–H and O–H groups in total. The van der Waals surface area contributed by atoms with Crippen LogP contribution in [0.2, 0.25) is 5.02 Å². The van der Waals surface area contributed by atoms with Crippen molar-refractivity contribution in [1.29, 1.82) is 0 Å². The van der Waals surface area contributed by atoms with E-state index in [1.165, 1.54) is 6.07 Å². The van der Waals surface area contributed by atoms with E-state index in [4.69, 9.17) is 16.3 Å². The van der Waals surface area contributed by atoms with Crippen LogP contribution in [0, 0.1) is 12.7 Å². The molecule has 5 rings (SSSR count). The summed E-state index contributed by atoms with van der Waals surface area (Å²) in [5.41, 5.74) is 4.66. The third kappa shape index (κ3) is 5.12. The average molecular weight is 537 g/mol. The average Bonchev–Trinajstić information content (AvgIpc) is 3.62. The summed E-state index contributed by atoms with van der Waals surface area (Å²) >= 11 is 7.33. The standard InChI is InChI=1S/C29H26ClFN2O3S/c1-17-26(32-28(35)36-18(2)22-5-3-4-6-24(22)30)27(37-33-17)23-12-9-20(15-25(23)31)19-7-10-21(11-8-19)29(16-34)13-14-29/h3-12,15,18,34H,13-14,16H2,1-2H3,(H,32,35). The van der Waals surface area contributed by atoms with Crippen LogP contribution in [0.4, 0.5) is 14.9 Å². The maximum atomic E-state index is 15.3. The van der Waals surface area contributed by atoms with Crippen molar-refractivity contribution in [3.63, 3.8) is 0 Å². The van der Waals surface area contributed by atoms with Crippen molar-refractivity contribution in [2.75, 3.05) is 11.9 Å². The number of nitrogens with zero attached hydrogens (tertiary/aromatic N) is 1. The lowest BCUT2D eigenvalue weighted by Gasteiger charge is -2.16. The van der Waals surface area contributed by atoms with Crippen molar-refractivity contribution in [3.8, 4) is 21.6 Å². The number of hydrogen-bond donors (Lipinski definition) is 2. The number of carbonyl (C=O) groups excluding carboxylic acids is 1. The highest BCUT2D eigenvalue weighted by atomic mass is 35.5. The predicted octanol–water partition coefficient (Wildman–Crippen LogP) is 7.91. The fourth-order valence-electron chi connectivity index (χ4n) is 4.45. The van der Waals surface area contributed by atoms with E-state index < -0.39 is 18.0 Å². The zero-order valence-corrected chi connectivity index (χ0v) is 22.0. The van der Waals surface area contributed by atoms with Crippen LogP contribution in [0.3, 0.4) is 0 Å². The number of aliphatic hydroxyl groups excluding tert-OH is 1. The van der Waals surface area contributed by atoms with Crippen molar-refractivity contribution in [3.05, 3.63) is 94.4 Å². The lowest BCUT2D eigenvalue weighted by molar-refractivity contribution is 0.121. The van der Waals surface area contributed by atoms with Gasteiger partial charge in [0, 0.05) is 21.6 Å². The Morgan fingerprint density at radius 1 is 1.16 bits per heavy atom. The van der Waals surface area contributed by atoms with Gasteiger partial charge in [0.1, 0.15) is 11.9 Å². The summed E-state index contributed by atoms with van der Waals surface area (Å²) < 4.78 is 25.2. The van der Waals surface area contributed by atoms with E-state index in [0.717, 1.165) is 41.1 Å². The Bertz CT molecular complexity index is 1450. The number of aryl methyl sites for hydroxylation is 1. The first kappa shape index (κ1) is 25.4. The predicted molar refractivity (Wildman–Crippen MR) is 146 cm³/mol. The van der Waals surface area contributed by atoms with Gasteiger partial charge < -0.3 is 9.84 Å². The van der Waals surface area contributed by atoms with Gasteiger partial charge in [-0.2, -0.15) is 4.37 Å². The monoisotopic (exact) mass is 536 g/mol. The normalized spacial score (nSPS) is 14.7. The van der Waals surface area contributed by atoms with Gasteiger partial charge in [0.2, 0.25) is 0 Å². The Balaban J connectivity index is 1.34. The smallest absolute Gasteiger partial charge is 0.412 e. The minimum absolute atomic E-state index is 0.104. The van der Waals surface area contributed by atoms with Crippen molar-refractivity contribution in [2.24, 2.45) is 0 Å². The first-order valence-electron chi connectivity index (χ1n) is 12.0. The summed E-state index contributed by atoms with van der Waals surface area (Å²) in [7, 11) is 0. The Labute approximate surface area is 224 Å². The lowest BCUT2D eigenvalue weighted by atomic mass is 9.94. The molecule has 37 heavy (non-hydrogen) atoms. The third-order valence-corrected chi connectivity index (χ3v) is 8.23. The summed E-state index contributed by atoms with van der Waals surface area (Å²) in [5, 5.41) is 12.9. The number of ether oxygens (including phenoxy) is 1. The fraction of sp³-hybridized carbons (Fsp3) is 0.241. The largest absolute Gasteiger partial charge is 0.441 e. The summed E-state index contributed by atoms with van der Waals surface area (Å²) in [6, 6.07) is 20.1. The molecule has 8 heteroatoms. The second-order valence-electron chi connectivity index (χ2n) is 9.38. The molecule has 5 nitrogen and oxygen atoms in total. The highest BCUT2D eigenvalue weighted by Crippen LogP contribution is 2.48. The van der Waals surface area contributed by atoms with Crippen LogP contribution in [0.15, 0.2) is 66.7 Å². The molecular weight excluding hydrogens is 511 g/mol. The molecule has 4 aromatic rings.